The fraction of sp³-hybridized carbons (Fsp3) is 0.500. The number of hydrogen-bond acceptors (Lipinski definition) is 0. The topological polar surface area (TPSA) is 0 Å². The van der Waals surface area contributed by atoms with E-state index < -0.39 is 8.80 Å². The summed E-state index contributed by atoms with van der Waals surface area (Å²) in [6.07, 6.45) is 5.35. The molecular formula is C16H24Si. The summed E-state index contributed by atoms with van der Waals surface area (Å²) < 4.78 is 0. The largest absolute Gasteiger partial charge is 0.130 e. The molecule has 1 aromatic carbocycles. The van der Waals surface area contributed by atoms with Gasteiger partial charge in [-0.05, 0) is 24.2 Å². The molecule has 1 heteroatoms. The molecule has 0 radical (unpaired) electrons. The van der Waals surface area contributed by atoms with E-state index in [0.717, 1.165) is 0 Å². The van der Waals surface area contributed by atoms with E-state index in [2.05, 4.69) is 49.6 Å². The maximum absolute atomic E-state index is 3.59. The quantitative estimate of drug-likeness (QED) is 0.514. The molecule has 0 aromatic heterocycles. The summed E-state index contributed by atoms with van der Waals surface area (Å²) in [6.45, 7) is 4.55. The first-order valence-electron chi connectivity index (χ1n) is 6.93. The van der Waals surface area contributed by atoms with Gasteiger partial charge >= 0.3 is 0 Å². The molecule has 0 saturated carbocycles. The fourth-order valence-corrected chi connectivity index (χ4v) is 4.65. The van der Waals surface area contributed by atoms with Crippen LogP contribution in [0.5, 0.6) is 0 Å². The molecule has 92 valence electrons. The highest BCUT2D eigenvalue weighted by atomic mass is 28.3. The third-order valence-corrected chi connectivity index (χ3v) is 5.77. The molecule has 0 saturated heterocycles. The lowest BCUT2D eigenvalue weighted by molar-refractivity contribution is 0.846. The van der Waals surface area contributed by atoms with Gasteiger partial charge in [0.25, 0.3) is 0 Å². The smallest absolute Gasteiger partial charge is 0.123 e. The van der Waals surface area contributed by atoms with Gasteiger partial charge < -0.3 is 0 Å². The Morgan fingerprint density at radius 1 is 0.941 bits per heavy atom. The van der Waals surface area contributed by atoms with Crippen LogP contribution in [0.3, 0.4) is 0 Å². The molecule has 0 heterocycles. The van der Waals surface area contributed by atoms with Crippen LogP contribution in [0.25, 0.3) is 0 Å². The van der Waals surface area contributed by atoms with Crippen molar-refractivity contribution in [2.75, 3.05) is 0 Å². The van der Waals surface area contributed by atoms with Crippen LogP contribution in [0.1, 0.15) is 45.1 Å². The predicted molar refractivity (Wildman–Crippen MR) is 79.9 cm³/mol. The molecule has 17 heavy (non-hydrogen) atoms. The summed E-state index contributed by atoms with van der Waals surface area (Å²) in [5.41, 5.74) is 4.77. The van der Waals surface area contributed by atoms with Crippen LogP contribution >= 0.6 is 0 Å². The Labute approximate surface area is 108 Å². The van der Waals surface area contributed by atoms with Gasteiger partial charge in [0.05, 0.1) is 0 Å². The summed E-state index contributed by atoms with van der Waals surface area (Å²) in [7, 11) is -0.800. The molecule has 1 rings (SSSR count). The Bertz CT molecular complexity index is 337. The third kappa shape index (κ3) is 6.34. The summed E-state index contributed by atoms with van der Waals surface area (Å²) in [5.74, 6) is 3.37. The lowest BCUT2D eigenvalue weighted by Crippen LogP contribution is -2.09. The number of rotatable bonds is 6. The average Bonchev–Trinajstić information content (AvgIpc) is 2.39. The van der Waals surface area contributed by atoms with Crippen molar-refractivity contribution < 1.29 is 0 Å². The first-order chi connectivity index (χ1) is 8.36. The minimum Gasteiger partial charge on any atom is -0.130 e. The van der Waals surface area contributed by atoms with Crippen molar-refractivity contribution in [3.8, 4) is 11.5 Å². The Morgan fingerprint density at radius 2 is 1.53 bits per heavy atom. The highest BCUT2D eigenvalue weighted by Crippen LogP contribution is 2.09. The van der Waals surface area contributed by atoms with E-state index in [-0.39, 0.29) is 0 Å². The molecule has 0 nitrogen and oxygen atoms in total. The van der Waals surface area contributed by atoms with Crippen molar-refractivity contribution >= 4 is 8.80 Å². The zero-order valence-electron chi connectivity index (χ0n) is 11.2. The van der Waals surface area contributed by atoms with Gasteiger partial charge in [-0.2, -0.15) is 0 Å². The third-order valence-electron chi connectivity index (χ3n) is 3.01. The molecule has 0 aliphatic heterocycles. The molecule has 0 N–H and O–H groups in total. The second-order valence-corrected chi connectivity index (χ2v) is 7.45. The van der Waals surface area contributed by atoms with Crippen LogP contribution in [0.15, 0.2) is 30.3 Å². The SMILES string of the molecule is CCCC[SiH](C#Cc1ccccc1)CCCC. The van der Waals surface area contributed by atoms with Crippen LogP contribution < -0.4 is 0 Å². The van der Waals surface area contributed by atoms with Crippen molar-refractivity contribution in [2.24, 2.45) is 0 Å². The Morgan fingerprint density at radius 3 is 2.06 bits per heavy atom. The van der Waals surface area contributed by atoms with Crippen molar-refractivity contribution in [3.63, 3.8) is 0 Å². The lowest BCUT2D eigenvalue weighted by atomic mass is 10.2. The minimum atomic E-state index is -0.800. The predicted octanol–water partition coefficient (Wildman–Crippen LogP) is 4.40. The molecule has 0 bridgehead atoms. The molecule has 0 aliphatic carbocycles. The molecule has 0 unspecified atom stereocenters. The lowest BCUT2D eigenvalue weighted by Gasteiger charge is -2.06. The van der Waals surface area contributed by atoms with E-state index in [1.807, 2.05) is 6.07 Å². The van der Waals surface area contributed by atoms with E-state index in [1.54, 1.807) is 0 Å². The molecule has 0 fully saturated rings. The van der Waals surface area contributed by atoms with E-state index in [4.69, 9.17) is 0 Å². The second kappa shape index (κ2) is 9.07. The Hall–Kier alpha value is -1.00. The standard InChI is InChI=1S/C16H24Si/c1-3-5-13-17(14-6-4-2)15-12-16-10-8-7-9-11-16/h7-11,17H,3-6,13-14H2,1-2H3. The molecule has 0 amide bonds. The average molecular weight is 244 g/mol. The molecule has 0 spiro atoms. The van der Waals surface area contributed by atoms with Gasteiger partial charge in [-0.1, -0.05) is 63.7 Å². The Kier molecular flexibility index (Phi) is 7.50. The van der Waals surface area contributed by atoms with Gasteiger partial charge in [0, 0.05) is 5.56 Å². The zero-order valence-corrected chi connectivity index (χ0v) is 12.4. The van der Waals surface area contributed by atoms with Crippen LogP contribution in [0.4, 0.5) is 0 Å². The molecule has 0 aliphatic rings. The van der Waals surface area contributed by atoms with E-state index in [1.165, 1.54) is 43.3 Å². The van der Waals surface area contributed by atoms with Gasteiger partial charge in [0.15, 0.2) is 0 Å². The zero-order chi connectivity index (χ0) is 12.3. The Balaban J connectivity index is 2.55. The van der Waals surface area contributed by atoms with E-state index >= 15 is 0 Å². The monoisotopic (exact) mass is 244 g/mol. The van der Waals surface area contributed by atoms with Crippen LogP contribution in [0, 0.1) is 11.5 Å². The minimum absolute atomic E-state index is 0.800. The van der Waals surface area contributed by atoms with Crippen LogP contribution in [-0.2, 0) is 0 Å². The molecule has 0 atom stereocenters. The second-order valence-electron chi connectivity index (χ2n) is 4.62. The van der Waals surface area contributed by atoms with E-state index in [0.29, 0.717) is 0 Å². The maximum atomic E-state index is 3.59. The first-order valence-corrected chi connectivity index (χ1v) is 9.14. The summed E-state index contributed by atoms with van der Waals surface area (Å²) >= 11 is 0. The molecular weight excluding hydrogens is 220 g/mol. The van der Waals surface area contributed by atoms with Gasteiger partial charge in [-0.15, -0.1) is 5.54 Å². The van der Waals surface area contributed by atoms with Crippen LogP contribution in [0.2, 0.25) is 12.1 Å². The maximum Gasteiger partial charge on any atom is 0.123 e. The number of benzene rings is 1. The highest BCUT2D eigenvalue weighted by molar-refractivity contribution is 6.67. The summed E-state index contributed by atoms with van der Waals surface area (Å²) in [4.78, 5) is 0. The van der Waals surface area contributed by atoms with Crippen molar-refractivity contribution in [2.45, 2.75) is 51.6 Å². The highest BCUT2D eigenvalue weighted by Gasteiger charge is 2.05. The fourth-order valence-electron chi connectivity index (χ4n) is 1.90. The van der Waals surface area contributed by atoms with Gasteiger partial charge in [0.2, 0.25) is 0 Å². The first kappa shape index (κ1) is 14.1. The normalized spacial score (nSPS) is 10.1. The summed E-state index contributed by atoms with van der Waals surface area (Å²) in [6, 6.07) is 13.2. The van der Waals surface area contributed by atoms with Gasteiger partial charge in [-0.3, -0.25) is 0 Å². The van der Waals surface area contributed by atoms with Gasteiger partial charge in [0.1, 0.15) is 8.80 Å². The van der Waals surface area contributed by atoms with Crippen molar-refractivity contribution in [1.29, 1.82) is 0 Å². The van der Waals surface area contributed by atoms with Crippen LogP contribution in [-0.4, -0.2) is 8.80 Å². The molecule has 1 aromatic rings. The van der Waals surface area contributed by atoms with E-state index in [9.17, 15) is 0 Å². The number of unbranched alkanes of at least 4 members (excludes halogenated alkanes) is 2. The van der Waals surface area contributed by atoms with Crippen molar-refractivity contribution in [1.82, 2.24) is 0 Å². The van der Waals surface area contributed by atoms with Gasteiger partial charge in [-0.25, -0.2) is 0 Å². The van der Waals surface area contributed by atoms with Crippen molar-refractivity contribution in [3.05, 3.63) is 35.9 Å². The summed E-state index contributed by atoms with van der Waals surface area (Å²) in [5, 5.41) is 0. The number of hydrogen-bond donors (Lipinski definition) is 0.